The summed E-state index contributed by atoms with van der Waals surface area (Å²) in [4.78, 5) is 12.8. The van der Waals surface area contributed by atoms with E-state index in [-0.39, 0.29) is 17.1 Å². The molecule has 13 heteroatoms. The molecule has 2 bridgehead atoms. The highest BCUT2D eigenvalue weighted by molar-refractivity contribution is 8.01. The van der Waals surface area contributed by atoms with E-state index in [0.29, 0.717) is 32.1 Å². The van der Waals surface area contributed by atoms with E-state index in [1.807, 2.05) is 0 Å². The Balaban J connectivity index is 1.45. The first-order valence-electron chi connectivity index (χ1n) is 11.6. The second kappa shape index (κ2) is 8.74. The summed E-state index contributed by atoms with van der Waals surface area (Å²) in [6.45, 7) is -1.15. The van der Waals surface area contributed by atoms with Gasteiger partial charge in [-0.15, -0.1) is 0 Å². The molecule has 0 radical (unpaired) electrons. The quantitative estimate of drug-likeness (QED) is 0.246. The molecule has 0 aromatic heterocycles. The normalized spacial score (nSPS) is 35.1. The van der Waals surface area contributed by atoms with E-state index in [2.05, 4.69) is 0 Å². The van der Waals surface area contributed by atoms with Crippen LogP contribution in [0.25, 0.3) is 0 Å². The molecule has 4 fully saturated rings. The molecule has 2 heterocycles. The minimum Gasteiger partial charge on any atom is -0.465 e. The zero-order valence-corrected chi connectivity index (χ0v) is 20.1. The molecular weight excluding hydrogens is 504 g/mol. The Labute approximate surface area is 199 Å². The van der Waals surface area contributed by atoms with Crippen molar-refractivity contribution in [1.29, 1.82) is 0 Å². The molecule has 0 amide bonds. The van der Waals surface area contributed by atoms with Crippen LogP contribution in [0.3, 0.4) is 0 Å². The van der Waals surface area contributed by atoms with Gasteiger partial charge in [0.05, 0.1) is 30.1 Å². The number of carbonyl (C=O) groups excluding carboxylic acids is 1. The first-order chi connectivity index (χ1) is 15.6. The molecule has 2 aliphatic heterocycles. The number of esters is 1. The predicted octanol–water partition coefficient (Wildman–Crippen LogP) is 3.38. The number of halogens is 4. The van der Waals surface area contributed by atoms with Crippen LogP contribution < -0.4 is 0 Å². The average Bonchev–Trinajstić information content (AvgIpc) is 3.50. The molecule has 5 atom stereocenters. The van der Waals surface area contributed by atoms with Gasteiger partial charge in [0.15, 0.2) is 0 Å². The van der Waals surface area contributed by atoms with E-state index in [1.54, 1.807) is 0 Å². The summed E-state index contributed by atoms with van der Waals surface area (Å²) in [5.41, 5.74) is -1.97. The van der Waals surface area contributed by atoms with Gasteiger partial charge in [-0.25, -0.2) is 0 Å². The molecule has 2 saturated heterocycles. The largest absolute Gasteiger partial charge is 0.465 e. The Morgan fingerprint density at radius 3 is 1.97 bits per heavy atom. The number of fused-ring (bicyclic) bond motifs is 2. The summed E-state index contributed by atoms with van der Waals surface area (Å²) in [7, 11) is -6.36. The molecule has 196 valence electrons. The monoisotopic (exact) mass is 534 g/mol. The number of ether oxygens (including phenoxy) is 1. The highest BCUT2D eigenvalue weighted by atomic mass is 32.2. The van der Waals surface area contributed by atoms with Crippen molar-refractivity contribution >= 4 is 27.8 Å². The van der Waals surface area contributed by atoms with Crippen molar-refractivity contribution in [3.8, 4) is 0 Å². The van der Waals surface area contributed by atoms with Crippen LogP contribution in [0, 0.1) is 17.8 Å². The summed E-state index contributed by atoms with van der Waals surface area (Å²) in [5, 5.41) is 16.6. The molecule has 0 spiro atoms. The Morgan fingerprint density at radius 2 is 1.47 bits per heavy atom. The lowest BCUT2D eigenvalue weighted by molar-refractivity contribution is -0.177. The first kappa shape index (κ1) is 26.4. The highest BCUT2D eigenvalue weighted by Gasteiger charge is 2.67. The van der Waals surface area contributed by atoms with Gasteiger partial charge in [-0.1, -0.05) is 25.7 Å². The van der Waals surface area contributed by atoms with Crippen LogP contribution in [0.15, 0.2) is 0 Å². The molecular formula is C21H30F4O7S2. The summed E-state index contributed by atoms with van der Waals surface area (Å²) in [6.07, 6.45) is 4.31. The fourth-order valence-electron chi connectivity index (χ4n) is 6.65. The molecule has 2 aliphatic carbocycles. The van der Waals surface area contributed by atoms with E-state index in [1.165, 1.54) is 11.8 Å². The van der Waals surface area contributed by atoms with Crippen LogP contribution in [0.5, 0.6) is 0 Å². The summed E-state index contributed by atoms with van der Waals surface area (Å²) >= 11 is 1.50. The van der Waals surface area contributed by atoms with Crippen LogP contribution in [-0.2, 0) is 19.6 Å². The number of rotatable bonds is 8. The number of hydrogen-bond acceptors (Lipinski definition) is 7. The maximum absolute atomic E-state index is 13.7. The molecule has 2 saturated carbocycles. The minimum absolute atomic E-state index is 0.120. The Bertz CT molecular complexity index is 901. The zero-order chi connectivity index (χ0) is 25.2. The Kier molecular flexibility index (Phi) is 6.80. The molecule has 5 unspecified atom stereocenters. The van der Waals surface area contributed by atoms with Crippen molar-refractivity contribution in [2.75, 3.05) is 6.61 Å². The molecule has 0 aromatic carbocycles. The predicted molar refractivity (Wildman–Crippen MR) is 114 cm³/mol. The number of hydrogen-bond donors (Lipinski definition) is 3. The third-order valence-electron chi connectivity index (χ3n) is 8.25. The van der Waals surface area contributed by atoms with Crippen LogP contribution >= 0.6 is 11.8 Å². The number of aliphatic hydroxyl groups is 2. The summed E-state index contributed by atoms with van der Waals surface area (Å²) < 4.78 is 88.7. The van der Waals surface area contributed by atoms with E-state index in [0.717, 1.165) is 25.7 Å². The minimum atomic E-state index is -6.36. The van der Waals surface area contributed by atoms with Crippen LogP contribution in [0.4, 0.5) is 17.6 Å². The van der Waals surface area contributed by atoms with Gasteiger partial charge < -0.3 is 14.9 Å². The molecule has 4 aliphatic rings. The van der Waals surface area contributed by atoms with Gasteiger partial charge in [-0.3, -0.25) is 9.35 Å². The lowest BCUT2D eigenvalue weighted by atomic mass is 9.60. The fourth-order valence-corrected chi connectivity index (χ4v) is 9.45. The first-order valence-corrected chi connectivity index (χ1v) is 14.0. The van der Waals surface area contributed by atoms with Crippen LogP contribution in [-0.4, -0.2) is 68.6 Å². The van der Waals surface area contributed by atoms with Gasteiger partial charge >= 0.3 is 27.3 Å². The fraction of sp³-hybridized carbons (Fsp3) is 0.952. The van der Waals surface area contributed by atoms with E-state index in [9.17, 15) is 41.0 Å². The third-order valence-corrected chi connectivity index (χ3v) is 11.0. The highest BCUT2D eigenvalue weighted by Crippen LogP contribution is 2.65. The van der Waals surface area contributed by atoms with Crippen LogP contribution in [0.2, 0.25) is 0 Å². The molecule has 34 heavy (non-hydrogen) atoms. The Hall–Kier alpha value is -0.630. The third kappa shape index (κ3) is 4.26. The van der Waals surface area contributed by atoms with Gasteiger partial charge in [0, 0.05) is 22.3 Å². The lowest BCUT2D eigenvalue weighted by Gasteiger charge is -2.47. The van der Waals surface area contributed by atoms with Crippen LogP contribution in [0.1, 0.15) is 64.2 Å². The maximum atomic E-state index is 13.7. The van der Waals surface area contributed by atoms with E-state index >= 15 is 0 Å². The summed E-state index contributed by atoms with van der Waals surface area (Å²) in [5.74, 6) is -7.32. The second-order valence-electron chi connectivity index (χ2n) is 10.3. The van der Waals surface area contributed by atoms with Crippen molar-refractivity contribution in [2.45, 2.75) is 97.1 Å². The van der Waals surface area contributed by atoms with Gasteiger partial charge in [-0.05, 0) is 32.1 Å². The van der Waals surface area contributed by atoms with Crippen molar-refractivity contribution < 1.29 is 50.3 Å². The molecule has 0 aromatic rings. The zero-order valence-electron chi connectivity index (χ0n) is 18.5. The van der Waals surface area contributed by atoms with Gasteiger partial charge in [0.1, 0.15) is 0 Å². The number of alkyl halides is 4. The van der Waals surface area contributed by atoms with Crippen molar-refractivity contribution in [3.05, 3.63) is 0 Å². The average molecular weight is 535 g/mol. The van der Waals surface area contributed by atoms with Gasteiger partial charge in [0.2, 0.25) is 0 Å². The topological polar surface area (TPSA) is 121 Å². The summed E-state index contributed by atoms with van der Waals surface area (Å²) in [6, 6.07) is 0. The second-order valence-corrected chi connectivity index (χ2v) is 13.2. The van der Waals surface area contributed by atoms with E-state index < -0.39 is 62.7 Å². The molecule has 4 rings (SSSR count). The van der Waals surface area contributed by atoms with Crippen molar-refractivity contribution in [2.24, 2.45) is 17.8 Å². The SMILES string of the molecule is O=C(OCCC(F)(F)C(F)(F)S(=O)(=O)O)C1CC2SC1C(C1(O)CCCC1)C2C1(O)CCCC1. The van der Waals surface area contributed by atoms with Crippen molar-refractivity contribution in [3.63, 3.8) is 0 Å². The standard InChI is InChI=1S/C21H30F4O7S2/c22-20(23,21(24,25)34(29,30)31)9-10-32-17(26)12-11-13-14(18(27)5-1-2-6-18)15(16(12)33-13)19(28)7-3-4-8-19/h12-16,27-28H,1-11H2,(H,29,30,31). The lowest BCUT2D eigenvalue weighted by Crippen LogP contribution is -2.56. The molecule has 3 N–H and O–H groups in total. The van der Waals surface area contributed by atoms with E-state index in [4.69, 9.17) is 9.29 Å². The maximum Gasteiger partial charge on any atom is 0.431 e. The number of thioether (sulfide) groups is 1. The van der Waals surface area contributed by atoms with Gasteiger partial charge in [0.25, 0.3) is 0 Å². The number of carbonyl (C=O) groups is 1. The van der Waals surface area contributed by atoms with Gasteiger partial charge in [-0.2, -0.15) is 37.7 Å². The molecule has 7 nitrogen and oxygen atoms in total. The van der Waals surface area contributed by atoms with Crippen molar-refractivity contribution in [1.82, 2.24) is 0 Å². The Morgan fingerprint density at radius 1 is 0.971 bits per heavy atom. The smallest absolute Gasteiger partial charge is 0.431 e.